The van der Waals surface area contributed by atoms with Gasteiger partial charge in [-0.25, -0.2) is 4.79 Å². The lowest BCUT2D eigenvalue weighted by atomic mass is 10.0. The van der Waals surface area contributed by atoms with Crippen molar-refractivity contribution in [1.82, 2.24) is 0 Å². The van der Waals surface area contributed by atoms with Crippen LogP contribution < -0.4 is 4.74 Å². The third kappa shape index (κ3) is 2.67. The molecule has 2 aromatic rings. The molecule has 104 valence electrons. The molecule has 4 nitrogen and oxygen atoms in total. The van der Waals surface area contributed by atoms with Crippen molar-refractivity contribution >= 4 is 38.5 Å². The molecule has 0 atom stereocenters. The second-order valence-corrected chi connectivity index (χ2v) is 4.86. The number of carbonyl (C=O) groups is 2. The molecule has 20 heavy (non-hydrogen) atoms. The lowest BCUT2D eigenvalue weighted by Crippen LogP contribution is -2.17. The highest BCUT2D eigenvalue weighted by Gasteiger charge is 2.18. The number of halogens is 1. The third-order valence-corrected chi connectivity index (χ3v) is 3.68. The molecule has 5 heteroatoms. The highest BCUT2D eigenvalue weighted by atomic mass is 79.9. The van der Waals surface area contributed by atoms with E-state index in [1.807, 2.05) is 6.07 Å². The Balaban J connectivity index is 2.45. The van der Waals surface area contributed by atoms with E-state index in [0.29, 0.717) is 11.3 Å². The normalized spacial score (nSPS) is 10.3. The number of hydrogen-bond donors (Lipinski definition) is 0. The summed E-state index contributed by atoms with van der Waals surface area (Å²) in [6, 6.07) is 8.67. The van der Waals surface area contributed by atoms with E-state index in [9.17, 15) is 9.59 Å². The Morgan fingerprint density at radius 2 is 1.95 bits per heavy atom. The van der Waals surface area contributed by atoms with Crippen LogP contribution in [0.4, 0.5) is 0 Å². The zero-order valence-corrected chi connectivity index (χ0v) is 12.7. The van der Waals surface area contributed by atoms with Gasteiger partial charge in [0, 0.05) is 5.56 Å². The number of ketones is 1. The number of carbonyl (C=O) groups excluding carboxylic acids is 2. The van der Waals surface area contributed by atoms with Gasteiger partial charge in [-0.15, -0.1) is 0 Å². The van der Waals surface area contributed by atoms with E-state index in [2.05, 4.69) is 15.9 Å². The Morgan fingerprint density at radius 1 is 1.20 bits per heavy atom. The fourth-order valence-corrected chi connectivity index (χ4v) is 2.54. The zero-order chi connectivity index (χ0) is 14.7. The minimum atomic E-state index is -0.834. The van der Waals surface area contributed by atoms with Crippen molar-refractivity contribution in [1.29, 1.82) is 0 Å². The molecule has 0 unspecified atom stereocenters. The lowest BCUT2D eigenvalue weighted by Gasteiger charge is -2.08. The number of rotatable bonds is 4. The second kappa shape index (κ2) is 6.05. The molecule has 0 heterocycles. The molecule has 0 fully saturated rings. The van der Waals surface area contributed by atoms with Crippen molar-refractivity contribution in [3.8, 4) is 5.75 Å². The van der Waals surface area contributed by atoms with E-state index >= 15 is 0 Å². The molecule has 2 rings (SSSR count). The predicted molar refractivity (Wildman–Crippen MR) is 79.2 cm³/mol. The Labute approximate surface area is 124 Å². The van der Waals surface area contributed by atoms with E-state index in [4.69, 9.17) is 9.47 Å². The number of methoxy groups -OCH3 is 1. The minimum Gasteiger partial charge on any atom is -0.496 e. The van der Waals surface area contributed by atoms with Gasteiger partial charge in [-0.2, -0.15) is 0 Å². The summed E-state index contributed by atoms with van der Waals surface area (Å²) in [6.45, 7) is 1.84. The highest BCUT2D eigenvalue weighted by molar-refractivity contribution is 9.10. The average molecular weight is 337 g/mol. The van der Waals surface area contributed by atoms with Gasteiger partial charge in [0.15, 0.2) is 0 Å². The van der Waals surface area contributed by atoms with Crippen LogP contribution in [-0.2, 0) is 9.53 Å². The summed E-state index contributed by atoms with van der Waals surface area (Å²) in [7, 11) is 1.59. The SMILES string of the molecule is CCOC(=O)C(=O)c1ccc2c(Br)c(OC)ccc2c1. The molecule has 0 N–H and O–H groups in total. The van der Waals surface area contributed by atoms with Crippen molar-refractivity contribution < 1.29 is 19.1 Å². The van der Waals surface area contributed by atoms with Crippen molar-refractivity contribution in [3.63, 3.8) is 0 Å². The first-order valence-corrected chi connectivity index (χ1v) is 6.85. The van der Waals surface area contributed by atoms with Gasteiger partial charge < -0.3 is 9.47 Å². The summed E-state index contributed by atoms with van der Waals surface area (Å²) >= 11 is 3.46. The summed E-state index contributed by atoms with van der Waals surface area (Å²) in [5.41, 5.74) is 0.313. The molecular formula is C15H13BrO4. The van der Waals surface area contributed by atoms with E-state index < -0.39 is 11.8 Å². The standard InChI is InChI=1S/C15H13BrO4/c1-3-20-15(18)14(17)10-4-6-11-9(8-10)5-7-12(19-2)13(11)16/h4-8H,3H2,1-2H3. The topological polar surface area (TPSA) is 52.6 Å². The van der Waals surface area contributed by atoms with Gasteiger partial charge in [0.25, 0.3) is 5.78 Å². The summed E-state index contributed by atoms with van der Waals surface area (Å²) in [5.74, 6) is -0.762. The van der Waals surface area contributed by atoms with Crippen LogP contribution in [0.2, 0.25) is 0 Å². The Bertz CT molecular complexity index is 679. The van der Waals surface area contributed by atoms with E-state index in [1.165, 1.54) is 0 Å². The molecule has 0 saturated heterocycles. The first kappa shape index (κ1) is 14.5. The van der Waals surface area contributed by atoms with Crippen LogP contribution in [0.15, 0.2) is 34.8 Å². The van der Waals surface area contributed by atoms with Crippen molar-refractivity contribution in [2.45, 2.75) is 6.92 Å². The Morgan fingerprint density at radius 3 is 2.60 bits per heavy atom. The van der Waals surface area contributed by atoms with Gasteiger partial charge >= 0.3 is 5.97 Å². The van der Waals surface area contributed by atoms with Crippen LogP contribution in [0.25, 0.3) is 10.8 Å². The predicted octanol–water partition coefficient (Wildman–Crippen LogP) is 3.36. The molecule has 0 radical (unpaired) electrons. The Kier molecular flexibility index (Phi) is 4.39. The minimum absolute atomic E-state index is 0.181. The summed E-state index contributed by atoms with van der Waals surface area (Å²) in [5, 5.41) is 1.75. The fraction of sp³-hybridized carbons (Fsp3) is 0.200. The van der Waals surface area contributed by atoms with Gasteiger partial charge in [0.2, 0.25) is 0 Å². The van der Waals surface area contributed by atoms with Gasteiger partial charge in [0.1, 0.15) is 5.75 Å². The number of esters is 1. The van der Waals surface area contributed by atoms with Crippen molar-refractivity contribution in [2.24, 2.45) is 0 Å². The molecule has 2 aromatic carbocycles. The zero-order valence-electron chi connectivity index (χ0n) is 11.1. The summed E-state index contributed by atoms with van der Waals surface area (Å²) in [6.07, 6.45) is 0. The van der Waals surface area contributed by atoms with E-state index in [1.54, 1.807) is 38.3 Å². The van der Waals surface area contributed by atoms with Gasteiger partial charge in [0.05, 0.1) is 18.2 Å². The molecule has 0 saturated carbocycles. The van der Waals surface area contributed by atoms with Crippen LogP contribution in [0.3, 0.4) is 0 Å². The fourth-order valence-electron chi connectivity index (χ4n) is 1.89. The molecular weight excluding hydrogens is 324 g/mol. The molecule has 0 amide bonds. The van der Waals surface area contributed by atoms with E-state index in [-0.39, 0.29) is 6.61 Å². The third-order valence-electron chi connectivity index (χ3n) is 2.86. The monoisotopic (exact) mass is 336 g/mol. The van der Waals surface area contributed by atoms with Crippen LogP contribution in [0, 0.1) is 0 Å². The maximum atomic E-state index is 11.9. The van der Waals surface area contributed by atoms with Crippen LogP contribution in [0.1, 0.15) is 17.3 Å². The molecule has 0 spiro atoms. The maximum absolute atomic E-state index is 11.9. The van der Waals surface area contributed by atoms with Crippen LogP contribution >= 0.6 is 15.9 Å². The van der Waals surface area contributed by atoms with Gasteiger partial charge in [-0.1, -0.05) is 18.2 Å². The second-order valence-electron chi connectivity index (χ2n) is 4.07. The number of ether oxygens (including phenoxy) is 2. The molecule has 0 bridgehead atoms. The largest absolute Gasteiger partial charge is 0.496 e. The van der Waals surface area contributed by atoms with Crippen molar-refractivity contribution in [3.05, 3.63) is 40.4 Å². The first-order chi connectivity index (χ1) is 9.58. The molecule has 0 aliphatic heterocycles. The van der Waals surface area contributed by atoms with Crippen LogP contribution in [-0.4, -0.2) is 25.5 Å². The number of fused-ring (bicyclic) bond motifs is 1. The summed E-state index contributed by atoms with van der Waals surface area (Å²) < 4.78 is 10.7. The van der Waals surface area contributed by atoms with Gasteiger partial charge in [-0.05, 0) is 45.8 Å². The van der Waals surface area contributed by atoms with E-state index in [0.717, 1.165) is 15.2 Å². The van der Waals surface area contributed by atoms with Crippen LogP contribution in [0.5, 0.6) is 5.75 Å². The maximum Gasteiger partial charge on any atom is 0.379 e. The first-order valence-electron chi connectivity index (χ1n) is 6.06. The Hall–Kier alpha value is -1.88. The van der Waals surface area contributed by atoms with Crippen molar-refractivity contribution in [2.75, 3.05) is 13.7 Å². The number of benzene rings is 2. The summed E-state index contributed by atoms with van der Waals surface area (Å²) in [4.78, 5) is 23.3. The lowest BCUT2D eigenvalue weighted by molar-refractivity contribution is -0.137. The number of Topliss-reactive ketones (excluding diaryl/α,β-unsaturated/α-hetero) is 1. The molecule has 0 aromatic heterocycles. The number of hydrogen-bond acceptors (Lipinski definition) is 4. The smallest absolute Gasteiger partial charge is 0.379 e. The van der Waals surface area contributed by atoms with Gasteiger partial charge in [-0.3, -0.25) is 4.79 Å². The quantitative estimate of drug-likeness (QED) is 0.488. The average Bonchev–Trinajstić information content (AvgIpc) is 2.46. The highest BCUT2D eigenvalue weighted by Crippen LogP contribution is 2.33. The molecule has 0 aliphatic rings. The molecule has 0 aliphatic carbocycles.